The maximum atomic E-state index is 11.1. The molecule has 2 bridgehead atoms. The first-order valence-corrected chi connectivity index (χ1v) is 6.93. The minimum absolute atomic E-state index is 0.447. The van der Waals surface area contributed by atoms with Crippen molar-refractivity contribution in [3.05, 3.63) is 0 Å². The molecule has 3 aliphatic heterocycles. The van der Waals surface area contributed by atoms with Gasteiger partial charge in [-0.15, -0.1) is 0 Å². The van der Waals surface area contributed by atoms with Gasteiger partial charge in [-0.2, -0.15) is 21.6 Å². The van der Waals surface area contributed by atoms with Crippen LogP contribution in [0.2, 0.25) is 0 Å². The molecule has 3 saturated heterocycles. The van der Waals surface area contributed by atoms with E-state index in [9.17, 15) is 21.6 Å². The predicted molar refractivity (Wildman–Crippen MR) is 59.2 cm³/mol. The number of alkyl halides is 3. The van der Waals surface area contributed by atoms with Crippen LogP contribution >= 0.6 is 0 Å². The second-order valence-electron chi connectivity index (χ2n) is 4.70. The molecule has 3 rings (SSSR count). The summed E-state index contributed by atoms with van der Waals surface area (Å²) in [7, 11) is -2.50. The van der Waals surface area contributed by atoms with Gasteiger partial charge in [-0.05, 0) is 0 Å². The van der Waals surface area contributed by atoms with E-state index in [1.54, 1.807) is 0 Å². The van der Waals surface area contributed by atoms with Crippen LogP contribution in [0.3, 0.4) is 0 Å². The highest BCUT2D eigenvalue weighted by atomic mass is 32.2. The molecule has 3 heterocycles. The van der Waals surface area contributed by atoms with E-state index in [2.05, 4.69) is 16.1 Å². The Morgan fingerprint density at radius 1 is 1.11 bits per heavy atom. The molecule has 0 aromatic carbocycles. The maximum absolute atomic E-state index is 11.1. The molecule has 0 saturated carbocycles. The third kappa shape index (κ3) is 3.81. The zero-order valence-corrected chi connectivity index (χ0v) is 11.2. The molecule has 0 unspecified atom stereocenters. The number of hydrogen-bond acceptors (Lipinski definition) is 4. The number of quaternary nitrogens is 1. The van der Waals surface area contributed by atoms with Crippen LogP contribution in [0.4, 0.5) is 13.2 Å². The molecule has 3 fully saturated rings. The lowest BCUT2D eigenvalue weighted by Crippen LogP contribution is -2.65. The van der Waals surface area contributed by atoms with E-state index < -0.39 is 15.6 Å². The molecular formula is C9H18F3N2O3S+. The van der Waals surface area contributed by atoms with Crippen LogP contribution in [-0.2, 0) is 14.3 Å². The highest BCUT2D eigenvalue weighted by Gasteiger charge is 2.46. The summed E-state index contributed by atoms with van der Waals surface area (Å²) in [6.45, 7) is 8.20. The van der Waals surface area contributed by atoms with Crippen molar-refractivity contribution in [2.75, 3.05) is 53.4 Å². The normalized spacial score (nSPS) is 31.7. The molecule has 0 aromatic rings. The third-order valence-electron chi connectivity index (χ3n) is 3.37. The Bertz CT molecular complexity index is 361. The van der Waals surface area contributed by atoms with Gasteiger partial charge in [-0.25, -0.2) is 0 Å². The van der Waals surface area contributed by atoms with Crippen LogP contribution in [0.15, 0.2) is 0 Å². The van der Waals surface area contributed by atoms with E-state index >= 15 is 0 Å². The van der Waals surface area contributed by atoms with Crippen molar-refractivity contribution in [3.8, 4) is 0 Å². The summed E-state index contributed by atoms with van der Waals surface area (Å²) in [6.07, 6.45) is 0. The number of rotatable bonds is 1. The van der Waals surface area contributed by atoms with E-state index in [1.165, 1.54) is 43.8 Å². The molecule has 5 nitrogen and oxygen atoms in total. The molecule has 108 valence electrons. The molecule has 0 aromatic heterocycles. The van der Waals surface area contributed by atoms with Crippen molar-refractivity contribution in [2.45, 2.75) is 5.51 Å². The standard InChI is InChI=1S/C7H15N2.C2H3F3O3S/c1-9-5-2-8(3-6-9)4-7-9;1-8-9(6,7)2(3,4)5/h2-7H2,1H3;1H3/q+1;. The minimum atomic E-state index is -5.34. The lowest BCUT2D eigenvalue weighted by molar-refractivity contribution is -0.922. The monoisotopic (exact) mass is 291 g/mol. The smallest absolute Gasteiger partial charge is 0.323 e. The first-order valence-electron chi connectivity index (χ1n) is 5.52. The molecular weight excluding hydrogens is 273 g/mol. The Balaban J connectivity index is 0.000000180. The van der Waals surface area contributed by atoms with Crippen molar-refractivity contribution in [1.29, 1.82) is 0 Å². The number of hydrogen-bond donors (Lipinski definition) is 0. The number of nitrogens with zero attached hydrogens (tertiary/aromatic N) is 2. The van der Waals surface area contributed by atoms with Crippen molar-refractivity contribution in [3.63, 3.8) is 0 Å². The van der Waals surface area contributed by atoms with Crippen LogP contribution in [-0.4, -0.2) is 76.7 Å². The van der Waals surface area contributed by atoms with Crippen LogP contribution < -0.4 is 0 Å². The van der Waals surface area contributed by atoms with E-state index in [4.69, 9.17) is 0 Å². The van der Waals surface area contributed by atoms with Gasteiger partial charge in [0.25, 0.3) is 0 Å². The number of likely N-dealkylation sites (N-methyl/N-ethyl adjacent to an activating group) is 1. The summed E-state index contributed by atoms with van der Waals surface area (Å²) in [5.41, 5.74) is -5.30. The van der Waals surface area contributed by atoms with E-state index in [0.717, 1.165) is 0 Å². The lowest BCUT2D eigenvalue weighted by atomic mass is 10.2. The van der Waals surface area contributed by atoms with Gasteiger partial charge in [-0.3, -0.25) is 9.08 Å². The van der Waals surface area contributed by atoms with E-state index in [-0.39, 0.29) is 0 Å². The fourth-order valence-corrected chi connectivity index (χ4v) is 2.10. The first kappa shape index (κ1) is 15.7. The highest BCUT2D eigenvalue weighted by molar-refractivity contribution is 7.87. The zero-order valence-electron chi connectivity index (χ0n) is 10.4. The molecule has 0 atom stereocenters. The van der Waals surface area contributed by atoms with Crippen LogP contribution in [0, 0.1) is 0 Å². The Morgan fingerprint density at radius 3 is 1.61 bits per heavy atom. The molecule has 0 N–H and O–H groups in total. The summed E-state index contributed by atoms with van der Waals surface area (Å²) in [5, 5.41) is 0. The molecule has 0 radical (unpaired) electrons. The summed E-state index contributed by atoms with van der Waals surface area (Å²) >= 11 is 0. The van der Waals surface area contributed by atoms with Crippen molar-refractivity contribution < 1.29 is 30.3 Å². The fraction of sp³-hybridized carbons (Fsp3) is 1.00. The number of fused-ring (bicyclic) bond motifs is 3. The predicted octanol–water partition coefficient (Wildman–Crippen LogP) is 0.245. The van der Waals surface area contributed by atoms with E-state index in [1.807, 2.05) is 0 Å². The van der Waals surface area contributed by atoms with Crippen LogP contribution in [0.5, 0.6) is 0 Å². The van der Waals surface area contributed by atoms with Crippen molar-refractivity contribution in [2.24, 2.45) is 0 Å². The summed E-state index contributed by atoms with van der Waals surface area (Å²) in [6, 6.07) is 0. The highest BCUT2D eigenvalue weighted by Crippen LogP contribution is 2.23. The van der Waals surface area contributed by atoms with Crippen LogP contribution in [0.1, 0.15) is 0 Å². The Labute approximate surface area is 105 Å². The van der Waals surface area contributed by atoms with E-state index in [0.29, 0.717) is 7.11 Å². The van der Waals surface area contributed by atoms with Gasteiger partial charge in [0.15, 0.2) is 0 Å². The zero-order chi connectivity index (χ0) is 14.0. The second-order valence-corrected chi connectivity index (χ2v) is 6.40. The Kier molecular flexibility index (Phi) is 4.63. The second kappa shape index (κ2) is 5.32. The average molecular weight is 291 g/mol. The number of piperazine rings is 3. The lowest BCUT2D eigenvalue weighted by Gasteiger charge is -2.48. The maximum Gasteiger partial charge on any atom is 0.523 e. The molecule has 0 spiro atoms. The SMILES string of the molecule is COS(=O)(=O)C(F)(F)F.C[N+]12CCN(CC1)CC2. The quantitative estimate of drug-likeness (QED) is 0.394. The molecule has 9 heteroatoms. The third-order valence-corrected chi connectivity index (χ3v) is 4.38. The summed E-state index contributed by atoms with van der Waals surface area (Å²) in [5.74, 6) is 0. The molecule has 0 aliphatic carbocycles. The molecule has 18 heavy (non-hydrogen) atoms. The van der Waals surface area contributed by atoms with Crippen molar-refractivity contribution in [1.82, 2.24) is 4.90 Å². The fourth-order valence-electron chi connectivity index (χ4n) is 1.91. The Hall–Kier alpha value is -0.380. The minimum Gasteiger partial charge on any atom is -0.323 e. The Morgan fingerprint density at radius 2 is 1.50 bits per heavy atom. The average Bonchev–Trinajstić information content (AvgIpc) is 2.29. The van der Waals surface area contributed by atoms with Gasteiger partial charge in [0, 0.05) is 19.6 Å². The summed E-state index contributed by atoms with van der Waals surface area (Å²) in [4.78, 5) is 2.57. The van der Waals surface area contributed by atoms with Crippen molar-refractivity contribution >= 4 is 10.1 Å². The summed E-state index contributed by atoms with van der Waals surface area (Å²) < 4.78 is 57.2. The van der Waals surface area contributed by atoms with Crippen LogP contribution in [0.25, 0.3) is 0 Å². The molecule has 0 amide bonds. The number of halogens is 3. The largest absolute Gasteiger partial charge is 0.523 e. The van der Waals surface area contributed by atoms with Gasteiger partial charge in [0.05, 0.1) is 33.8 Å². The van der Waals surface area contributed by atoms with Gasteiger partial charge in [-0.1, -0.05) is 0 Å². The van der Waals surface area contributed by atoms with Gasteiger partial charge in [0.1, 0.15) is 0 Å². The topological polar surface area (TPSA) is 46.6 Å². The van der Waals surface area contributed by atoms with Gasteiger partial charge >= 0.3 is 15.6 Å². The van der Waals surface area contributed by atoms with Gasteiger partial charge in [0.2, 0.25) is 0 Å². The first-order chi connectivity index (χ1) is 8.10. The van der Waals surface area contributed by atoms with Gasteiger partial charge < -0.3 is 4.48 Å². The molecule has 3 aliphatic rings.